The minimum absolute atomic E-state index is 0.0534. The lowest BCUT2D eigenvalue weighted by molar-refractivity contribution is 0.384. The van der Waals surface area contributed by atoms with E-state index in [2.05, 4.69) is 35.4 Å². The van der Waals surface area contributed by atoms with Crippen LogP contribution in [0.1, 0.15) is 39.4 Å². The molecule has 1 aromatic rings. The fourth-order valence-corrected chi connectivity index (χ4v) is 3.88. The van der Waals surface area contributed by atoms with E-state index in [1.54, 1.807) is 11.5 Å². The van der Waals surface area contributed by atoms with Crippen LogP contribution in [0.5, 0.6) is 0 Å². The Kier molecular flexibility index (Phi) is 3.06. The van der Waals surface area contributed by atoms with Crippen LogP contribution in [0.15, 0.2) is 0 Å². The summed E-state index contributed by atoms with van der Waals surface area (Å²) in [5.41, 5.74) is 0.0534. The van der Waals surface area contributed by atoms with Gasteiger partial charge in [-0.15, -0.1) is 0 Å². The maximum absolute atomic E-state index is 4.77. The van der Waals surface area contributed by atoms with E-state index in [1.807, 2.05) is 0 Å². The van der Waals surface area contributed by atoms with Gasteiger partial charge in [0.25, 0.3) is 0 Å². The largest absolute Gasteiger partial charge is 0.342 e. The molecule has 2 aliphatic rings. The average molecular weight is 266 g/mol. The lowest BCUT2D eigenvalue weighted by Crippen LogP contribution is -2.45. The highest BCUT2D eigenvalue weighted by atomic mass is 32.1. The molecule has 5 heteroatoms. The number of fused-ring (bicyclic) bond motifs is 1. The molecule has 0 aliphatic carbocycles. The first-order valence-electron chi connectivity index (χ1n) is 6.87. The molecule has 2 atom stereocenters. The maximum atomic E-state index is 4.77. The predicted molar refractivity (Wildman–Crippen MR) is 75.3 cm³/mol. The van der Waals surface area contributed by atoms with Gasteiger partial charge in [-0.3, -0.25) is 0 Å². The lowest BCUT2D eigenvalue weighted by Gasteiger charge is -2.36. The second kappa shape index (κ2) is 4.46. The van der Waals surface area contributed by atoms with Gasteiger partial charge in [0.2, 0.25) is 5.13 Å². The SMILES string of the molecule is CC(C)(C)c1nsc(N2CCCC3CNCC32)n1. The number of rotatable bonds is 1. The molecule has 0 amide bonds. The molecule has 0 bridgehead atoms. The van der Waals surface area contributed by atoms with Crippen LogP contribution in [0, 0.1) is 5.92 Å². The van der Waals surface area contributed by atoms with Crippen molar-refractivity contribution >= 4 is 16.7 Å². The van der Waals surface area contributed by atoms with Crippen molar-refractivity contribution in [1.82, 2.24) is 14.7 Å². The molecule has 0 aromatic carbocycles. The second-order valence-corrected chi connectivity index (χ2v) is 7.20. The van der Waals surface area contributed by atoms with Crippen LogP contribution >= 0.6 is 11.5 Å². The third kappa shape index (κ3) is 2.14. The van der Waals surface area contributed by atoms with Crippen molar-refractivity contribution < 1.29 is 0 Å². The van der Waals surface area contributed by atoms with Gasteiger partial charge in [0.05, 0.1) is 0 Å². The first-order valence-corrected chi connectivity index (χ1v) is 7.64. The molecule has 0 spiro atoms. The van der Waals surface area contributed by atoms with Crippen molar-refractivity contribution in [3.63, 3.8) is 0 Å². The van der Waals surface area contributed by atoms with Gasteiger partial charge < -0.3 is 10.2 Å². The molecule has 4 nitrogen and oxygen atoms in total. The second-order valence-electron chi connectivity index (χ2n) is 6.47. The molecule has 1 aromatic heterocycles. The number of anilines is 1. The summed E-state index contributed by atoms with van der Waals surface area (Å²) in [6, 6.07) is 0.638. The minimum Gasteiger partial charge on any atom is -0.342 e. The molecule has 2 aliphatic heterocycles. The van der Waals surface area contributed by atoms with Crippen LogP contribution in [0.3, 0.4) is 0 Å². The Bertz CT molecular complexity index is 423. The number of aromatic nitrogens is 2. The number of hydrogen-bond acceptors (Lipinski definition) is 5. The molecule has 0 radical (unpaired) electrons. The topological polar surface area (TPSA) is 41.1 Å². The molecule has 0 saturated carbocycles. The molecule has 2 unspecified atom stereocenters. The van der Waals surface area contributed by atoms with E-state index in [9.17, 15) is 0 Å². The van der Waals surface area contributed by atoms with E-state index in [-0.39, 0.29) is 5.41 Å². The van der Waals surface area contributed by atoms with Crippen LogP contribution in [-0.2, 0) is 5.41 Å². The van der Waals surface area contributed by atoms with E-state index in [0.29, 0.717) is 6.04 Å². The quantitative estimate of drug-likeness (QED) is 0.844. The van der Waals surface area contributed by atoms with E-state index >= 15 is 0 Å². The Morgan fingerprint density at radius 1 is 1.33 bits per heavy atom. The molecular formula is C13H22N4S. The van der Waals surface area contributed by atoms with Crippen LogP contribution in [-0.4, -0.2) is 35.0 Å². The number of piperidine rings is 1. The Balaban J connectivity index is 1.83. The summed E-state index contributed by atoms with van der Waals surface area (Å²) < 4.78 is 4.55. The standard InChI is InChI=1S/C13H22N4S/c1-13(2,3)11-15-12(18-16-11)17-6-4-5-9-7-14-8-10(9)17/h9-10,14H,4-8H2,1-3H3. The summed E-state index contributed by atoms with van der Waals surface area (Å²) in [5, 5.41) is 4.64. The highest BCUT2D eigenvalue weighted by molar-refractivity contribution is 7.09. The van der Waals surface area contributed by atoms with Gasteiger partial charge in [0, 0.05) is 42.6 Å². The summed E-state index contributed by atoms with van der Waals surface area (Å²) in [7, 11) is 0. The average Bonchev–Trinajstić information content (AvgIpc) is 2.96. The summed E-state index contributed by atoms with van der Waals surface area (Å²) in [4.78, 5) is 7.26. The van der Waals surface area contributed by atoms with Gasteiger partial charge in [-0.2, -0.15) is 4.37 Å². The highest BCUT2D eigenvalue weighted by Gasteiger charge is 2.36. The van der Waals surface area contributed by atoms with Crippen molar-refractivity contribution in [2.45, 2.75) is 45.1 Å². The van der Waals surface area contributed by atoms with Crippen molar-refractivity contribution in [3.8, 4) is 0 Å². The van der Waals surface area contributed by atoms with Gasteiger partial charge in [-0.25, -0.2) is 4.98 Å². The number of nitrogens with zero attached hydrogens (tertiary/aromatic N) is 3. The maximum Gasteiger partial charge on any atom is 0.205 e. The Labute approximate surface area is 113 Å². The summed E-state index contributed by atoms with van der Waals surface area (Å²) >= 11 is 1.57. The van der Waals surface area contributed by atoms with Crippen LogP contribution in [0.25, 0.3) is 0 Å². The molecule has 1 N–H and O–H groups in total. The normalized spacial score (nSPS) is 28.5. The molecule has 3 heterocycles. The minimum atomic E-state index is 0.0534. The highest BCUT2D eigenvalue weighted by Crippen LogP contribution is 2.33. The van der Waals surface area contributed by atoms with Gasteiger partial charge >= 0.3 is 0 Å². The first-order chi connectivity index (χ1) is 8.55. The van der Waals surface area contributed by atoms with Crippen molar-refractivity contribution in [1.29, 1.82) is 0 Å². The molecule has 3 rings (SSSR count). The zero-order chi connectivity index (χ0) is 12.8. The Morgan fingerprint density at radius 3 is 2.89 bits per heavy atom. The van der Waals surface area contributed by atoms with Gasteiger partial charge in [-0.05, 0) is 18.8 Å². The molecule has 2 saturated heterocycles. The summed E-state index contributed by atoms with van der Waals surface area (Å²) in [6.07, 6.45) is 2.65. The smallest absolute Gasteiger partial charge is 0.205 e. The van der Waals surface area contributed by atoms with Crippen LogP contribution in [0.2, 0.25) is 0 Å². The van der Waals surface area contributed by atoms with E-state index in [4.69, 9.17) is 4.98 Å². The van der Waals surface area contributed by atoms with Crippen LogP contribution in [0.4, 0.5) is 5.13 Å². The van der Waals surface area contributed by atoms with Crippen molar-refractivity contribution in [3.05, 3.63) is 5.82 Å². The zero-order valence-electron chi connectivity index (χ0n) is 11.4. The fraction of sp³-hybridized carbons (Fsp3) is 0.846. The zero-order valence-corrected chi connectivity index (χ0v) is 12.3. The van der Waals surface area contributed by atoms with Gasteiger partial charge in [0.15, 0.2) is 0 Å². The first kappa shape index (κ1) is 12.4. The fourth-order valence-electron chi connectivity index (χ4n) is 2.94. The van der Waals surface area contributed by atoms with Crippen molar-refractivity contribution in [2.24, 2.45) is 5.92 Å². The molecule has 2 fully saturated rings. The number of nitrogens with one attached hydrogen (secondary N) is 1. The van der Waals surface area contributed by atoms with Crippen LogP contribution < -0.4 is 10.2 Å². The lowest BCUT2D eigenvalue weighted by atomic mass is 9.92. The molecular weight excluding hydrogens is 244 g/mol. The Hall–Kier alpha value is -0.680. The molecule has 18 heavy (non-hydrogen) atoms. The van der Waals surface area contributed by atoms with Gasteiger partial charge in [0.1, 0.15) is 5.82 Å². The third-order valence-electron chi connectivity index (χ3n) is 4.01. The number of hydrogen-bond donors (Lipinski definition) is 1. The summed E-state index contributed by atoms with van der Waals surface area (Å²) in [6.45, 7) is 9.95. The third-order valence-corrected chi connectivity index (χ3v) is 4.76. The van der Waals surface area contributed by atoms with Gasteiger partial charge in [-0.1, -0.05) is 20.8 Å². The Morgan fingerprint density at radius 2 is 2.17 bits per heavy atom. The van der Waals surface area contributed by atoms with E-state index < -0.39 is 0 Å². The van der Waals surface area contributed by atoms with E-state index in [1.165, 1.54) is 19.4 Å². The van der Waals surface area contributed by atoms with Crippen molar-refractivity contribution in [2.75, 3.05) is 24.5 Å². The summed E-state index contributed by atoms with van der Waals surface area (Å²) in [5.74, 6) is 1.79. The van der Waals surface area contributed by atoms with E-state index in [0.717, 1.165) is 30.0 Å². The monoisotopic (exact) mass is 266 g/mol. The molecule has 100 valence electrons. The predicted octanol–water partition coefficient (Wildman–Crippen LogP) is 2.02.